The normalized spacial score (nSPS) is 22.2. The summed E-state index contributed by atoms with van der Waals surface area (Å²) in [7, 11) is 0. The summed E-state index contributed by atoms with van der Waals surface area (Å²) in [6.07, 6.45) is 1.48. The first-order valence-corrected chi connectivity index (χ1v) is 4.62. The Labute approximate surface area is 70.2 Å². The Morgan fingerprint density at radius 3 is 2.82 bits per heavy atom. The molecule has 1 aromatic heterocycles. The van der Waals surface area contributed by atoms with E-state index in [1.807, 2.05) is 0 Å². The zero-order chi connectivity index (χ0) is 7.84. The van der Waals surface area contributed by atoms with Crippen LogP contribution in [0, 0.1) is 13.8 Å². The molecule has 1 unspecified atom stereocenters. The average Bonchev–Trinajstić information content (AvgIpc) is 2.64. The molecular weight excluding hydrogens is 158 g/mol. The van der Waals surface area contributed by atoms with E-state index < -0.39 is 0 Å². The Morgan fingerprint density at radius 2 is 2.36 bits per heavy atom. The van der Waals surface area contributed by atoms with Crippen LogP contribution in [-0.2, 0) is 11.2 Å². The molecule has 1 aliphatic rings. The maximum Gasteiger partial charge on any atom is 0.0900 e. The number of ether oxygens (including phenoxy) is 1. The summed E-state index contributed by atoms with van der Waals surface area (Å²) < 4.78 is 5.14. The molecule has 0 bridgehead atoms. The maximum atomic E-state index is 5.14. The Balaban J connectivity index is 2.14. The number of aryl methyl sites for hydroxylation is 2. The molecule has 0 amide bonds. The standard InChI is InChI=1S/C8H11NOS/c1-5-8(3-7-4-10-7)9-6(2)11-5/h7H,3-4H2,1-2H3. The van der Waals surface area contributed by atoms with Gasteiger partial charge in [-0.05, 0) is 13.8 Å². The third-order valence-corrected chi connectivity index (χ3v) is 2.75. The summed E-state index contributed by atoms with van der Waals surface area (Å²) >= 11 is 1.77. The fraction of sp³-hybridized carbons (Fsp3) is 0.625. The SMILES string of the molecule is Cc1nc(CC2CO2)c(C)s1. The molecule has 0 saturated carbocycles. The fourth-order valence-corrected chi connectivity index (χ4v) is 2.01. The van der Waals surface area contributed by atoms with E-state index in [2.05, 4.69) is 18.8 Å². The minimum Gasteiger partial charge on any atom is -0.373 e. The topological polar surface area (TPSA) is 25.4 Å². The van der Waals surface area contributed by atoms with Gasteiger partial charge in [-0.2, -0.15) is 0 Å². The molecule has 11 heavy (non-hydrogen) atoms. The van der Waals surface area contributed by atoms with Crippen LogP contribution in [0.3, 0.4) is 0 Å². The van der Waals surface area contributed by atoms with E-state index in [0.29, 0.717) is 6.10 Å². The summed E-state index contributed by atoms with van der Waals surface area (Å²) in [5.41, 5.74) is 1.23. The second-order valence-electron chi connectivity index (χ2n) is 2.90. The molecule has 2 rings (SSSR count). The quantitative estimate of drug-likeness (QED) is 0.630. The van der Waals surface area contributed by atoms with E-state index in [-0.39, 0.29) is 0 Å². The zero-order valence-electron chi connectivity index (χ0n) is 6.76. The van der Waals surface area contributed by atoms with Crippen molar-refractivity contribution in [1.29, 1.82) is 0 Å². The van der Waals surface area contributed by atoms with Gasteiger partial charge in [0.1, 0.15) is 0 Å². The molecule has 1 saturated heterocycles. The van der Waals surface area contributed by atoms with Crippen LogP contribution in [0.4, 0.5) is 0 Å². The first-order chi connectivity index (χ1) is 5.25. The molecule has 60 valence electrons. The third-order valence-electron chi connectivity index (χ3n) is 1.82. The van der Waals surface area contributed by atoms with E-state index in [4.69, 9.17) is 4.74 Å². The van der Waals surface area contributed by atoms with Crippen molar-refractivity contribution in [3.05, 3.63) is 15.6 Å². The summed E-state index contributed by atoms with van der Waals surface area (Å²) in [6.45, 7) is 5.10. The smallest absolute Gasteiger partial charge is 0.0900 e. The molecular formula is C8H11NOS. The molecule has 3 heteroatoms. The maximum absolute atomic E-state index is 5.14. The highest BCUT2D eigenvalue weighted by Gasteiger charge is 2.24. The minimum atomic E-state index is 0.468. The number of thiazole rings is 1. The van der Waals surface area contributed by atoms with Crippen molar-refractivity contribution < 1.29 is 4.74 Å². The number of rotatable bonds is 2. The highest BCUT2D eigenvalue weighted by Crippen LogP contribution is 2.22. The summed E-state index contributed by atoms with van der Waals surface area (Å²) in [5.74, 6) is 0. The predicted molar refractivity (Wildman–Crippen MR) is 45.0 cm³/mol. The van der Waals surface area contributed by atoms with Gasteiger partial charge in [-0.3, -0.25) is 0 Å². The third kappa shape index (κ3) is 1.60. The van der Waals surface area contributed by atoms with Crippen LogP contribution in [0.1, 0.15) is 15.6 Å². The van der Waals surface area contributed by atoms with E-state index >= 15 is 0 Å². The van der Waals surface area contributed by atoms with Crippen LogP contribution < -0.4 is 0 Å². The van der Waals surface area contributed by atoms with Crippen LogP contribution in [0.25, 0.3) is 0 Å². The molecule has 2 heterocycles. The van der Waals surface area contributed by atoms with Gasteiger partial charge in [0.05, 0.1) is 23.4 Å². The van der Waals surface area contributed by atoms with E-state index in [1.165, 1.54) is 10.6 Å². The lowest BCUT2D eigenvalue weighted by Crippen LogP contribution is -1.94. The lowest BCUT2D eigenvalue weighted by Gasteiger charge is -1.90. The van der Waals surface area contributed by atoms with Crippen LogP contribution in [0.2, 0.25) is 0 Å². The molecule has 0 aliphatic carbocycles. The Bertz CT molecular complexity index is 265. The van der Waals surface area contributed by atoms with Gasteiger partial charge in [0, 0.05) is 11.3 Å². The predicted octanol–water partition coefficient (Wildman–Crippen LogP) is 1.70. The van der Waals surface area contributed by atoms with Gasteiger partial charge in [-0.25, -0.2) is 4.98 Å². The molecule has 2 nitrogen and oxygen atoms in total. The van der Waals surface area contributed by atoms with Gasteiger partial charge < -0.3 is 4.74 Å². The first kappa shape index (κ1) is 7.25. The number of nitrogens with zero attached hydrogens (tertiary/aromatic N) is 1. The lowest BCUT2D eigenvalue weighted by molar-refractivity contribution is 0.406. The van der Waals surface area contributed by atoms with E-state index in [9.17, 15) is 0 Å². The van der Waals surface area contributed by atoms with Gasteiger partial charge in [0.15, 0.2) is 0 Å². The molecule has 0 radical (unpaired) electrons. The number of epoxide rings is 1. The second-order valence-corrected chi connectivity index (χ2v) is 4.30. The average molecular weight is 169 g/mol. The van der Waals surface area contributed by atoms with Crippen LogP contribution in [0.5, 0.6) is 0 Å². The number of aromatic nitrogens is 1. The highest BCUT2D eigenvalue weighted by molar-refractivity contribution is 7.11. The molecule has 1 aromatic rings. The van der Waals surface area contributed by atoms with Gasteiger partial charge in [-0.1, -0.05) is 0 Å². The molecule has 1 fully saturated rings. The summed E-state index contributed by atoms with van der Waals surface area (Å²) in [4.78, 5) is 5.77. The molecule has 1 aliphatic heterocycles. The number of hydrogen-bond acceptors (Lipinski definition) is 3. The Kier molecular flexibility index (Phi) is 1.69. The van der Waals surface area contributed by atoms with Crippen molar-refractivity contribution in [2.45, 2.75) is 26.4 Å². The van der Waals surface area contributed by atoms with Gasteiger partial charge in [-0.15, -0.1) is 11.3 Å². The highest BCUT2D eigenvalue weighted by atomic mass is 32.1. The first-order valence-electron chi connectivity index (χ1n) is 3.80. The van der Waals surface area contributed by atoms with Gasteiger partial charge >= 0.3 is 0 Å². The van der Waals surface area contributed by atoms with Gasteiger partial charge in [0.25, 0.3) is 0 Å². The van der Waals surface area contributed by atoms with E-state index in [0.717, 1.165) is 18.0 Å². The second kappa shape index (κ2) is 2.57. The van der Waals surface area contributed by atoms with Crippen molar-refractivity contribution >= 4 is 11.3 Å². The van der Waals surface area contributed by atoms with Crippen LogP contribution >= 0.6 is 11.3 Å². The molecule has 1 atom stereocenters. The van der Waals surface area contributed by atoms with Gasteiger partial charge in [0.2, 0.25) is 0 Å². The summed E-state index contributed by atoms with van der Waals surface area (Å²) in [5, 5.41) is 1.16. The zero-order valence-corrected chi connectivity index (χ0v) is 7.57. The van der Waals surface area contributed by atoms with Crippen LogP contribution in [0.15, 0.2) is 0 Å². The van der Waals surface area contributed by atoms with E-state index in [1.54, 1.807) is 11.3 Å². The van der Waals surface area contributed by atoms with Crippen molar-refractivity contribution in [3.8, 4) is 0 Å². The molecule has 0 N–H and O–H groups in total. The summed E-state index contributed by atoms with van der Waals surface area (Å²) in [6, 6.07) is 0. The Hall–Kier alpha value is -0.410. The largest absolute Gasteiger partial charge is 0.373 e. The minimum absolute atomic E-state index is 0.468. The Morgan fingerprint density at radius 1 is 1.64 bits per heavy atom. The number of hydrogen-bond donors (Lipinski definition) is 0. The van der Waals surface area contributed by atoms with Crippen molar-refractivity contribution in [3.63, 3.8) is 0 Å². The lowest BCUT2D eigenvalue weighted by atomic mass is 10.2. The monoisotopic (exact) mass is 169 g/mol. The van der Waals surface area contributed by atoms with Crippen molar-refractivity contribution in [2.24, 2.45) is 0 Å². The fourth-order valence-electron chi connectivity index (χ4n) is 1.16. The molecule has 0 spiro atoms. The van der Waals surface area contributed by atoms with Crippen molar-refractivity contribution in [1.82, 2.24) is 4.98 Å². The molecule has 0 aromatic carbocycles. The van der Waals surface area contributed by atoms with Crippen molar-refractivity contribution in [2.75, 3.05) is 6.61 Å². The van der Waals surface area contributed by atoms with Crippen LogP contribution in [-0.4, -0.2) is 17.7 Å².